The first-order valence-corrected chi connectivity index (χ1v) is 6.99. The number of hydrogen-bond acceptors (Lipinski definition) is 3. The number of hydrogen-bond donors (Lipinski definition) is 1. The zero-order valence-electron chi connectivity index (χ0n) is 12.2. The molecule has 0 radical (unpaired) electrons. The molecule has 0 spiro atoms. The van der Waals surface area contributed by atoms with E-state index in [1.807, 2.05) is 56.4 Å². The van der Waals surface area contributed by atoms with Crippen molar-refractivity contribution in [2.75, 3.05) is 30.4 Å². The Morgan fingerprint density at radius 2 is 2.10 bits per heavy atom. The van der Waals surface area contributed by atoms with E-state index < -0.39 is 0 Å². The van der Waals surface area contributed by atoms with Crippen LogP contribution in [-0.2, 0) is 0 Å². The summed E-state index contributed by atoms with van der Waals surface area (Å²) < 4.78 is 5.60. The van der Waals surface area contributed by atoms with Gasteiger partial charge in [-0.3, -0.25) is 4.79 Å². The van der Waals surface area contributed by atoms with Crippen LogP contribution >= 0.6 is 0 Å². The van der Waals surface area contributed by atoms with Gasteiger partial charge in [0.1, 0.15) is 12.4 Å². The van der Waals surface area contributed by atoms with E-state index in [0.29, 0.717) is 12.2 Å². The van der Waals surface area contributed by atoms with Gasteiger partial charge in [-0.05, 0) is 37.3 Å². The summed E-state index contributed by atoms with van der Waals surface area (Å²) in [7, 11) is 2.02. The number of ether oxygens (including phenoxy) is 1. The normalized spacial score (nSPS) is 13.3. The molecule has 1 N–H and O–H groups in total. The summed E-state index contributed by atoms with van der Waals surface area (Å²) in [6, 6.07) is 13.3. The Labute approximate surface area is 124 Å². The number of carbonyl (C=O) groups excluding carboxylic acids is 1. The molecule has 3 rings (SSSR count). The van der Waals surface area contributed by atoms with E-state index in [0.717, 1.165) is 29.2 Å². The highest BCUT2D eigenvalue weighted by atomic mass is 16.5. The van der Waals surface area contributed by atoms with Crippen molar-refractivity contribution in [2.45, 2.75) is 6.92 Å². The number of nitrogens with zero attached hydrogens (tertiary/aromatic N) is 1. The summed E-state index contributed by atoms with van der Waals surface area (Å²) in [6.45, 7) is 3.52. The van der Waals surface area contributed by atoms with Gasteiger partial charge in [-0.25, -0.2) is 0 Å². The van der Waals surface area contributed by atoms with Gasteiger partial charge in [0.2, 0.25) is 0 Å². The zero-order valence-corrected chi connectivity index (χ0v) is 12.2. The Kier molecular flexibility index (Phi) is 3.52. The quantitative estimate of drug-likeness (QED) is 0.920. The molecule has 1 heterocycles. The molecule has 2 aromatic carbocycles. The molecular formula is C17H18N2O2. The van der Waals surface area contributed by atoms with Crippen molar-refractivity contribution in [1.82, 2.24) is 0 Å². The number of likely N-dealkylation sites (N-methyl/N-ethyl adjacent to an activating group) is 1. The Bertz CT molecular complexity index is 682. The first kappa shape index (κ1) is 13.5. The van der Waals surface area contributed by atoms with Crippen LogP contribution in [0, 0.1) is 6.92 Å². The topological polar surface area (TPSA) is 41.6 Å². The maximum atomic E-state index is 12.3. The van der Waals surface area contributed by atoms with Crippen LogP contribution in [0.2, 0.25) is 0 Å². The van der Waals surface area contributed by atoms with Gasteiger partial charge in [-0.1, -0.05) is 17.7 Å². The SMILES string of the molecule is Cc1cccc(C(=O)Nc2ccc3c(c2)N(C)CCO3)c1. The average molecular weight is 282 g/mol. The van der Waals surface area contributed by atoms with Crippen LogP contribution in [0.1, 0.15) is 15.9 Å². The minimum Gasteiger partial charge on any atom is -0.490 e. The lowest BCUT2D eigenvalue weighted by Gasteiger charge is -2.28. The van der Waals surface area contributed by atoms with Crippen molar-refractivity contribution < 1.29 is 9.53 Å². The number of rotatable bonds is 2. The van der Waals surface area contributed by atoms with E-state index in [-0.39, 0.29) is 5.91 Å². The van der Waals surface area contributed by atoms with Crippen LogP contribution in [0.3, 0.4) is 0 Å². The minimum absolute atomic E-state index is 0.0990. The molecule has 2 aromatic rings. The summed E-state index contributed by atoms with van der Waals surface area (Å²) in [5.41, 5.74) is 3.51. The number of benzene rings is 2. The molecule has 4 nitrogen and oxygen atoms in total. The highest BCUT2D eigenvalue weighted by molar-refractivity contribution is 6.04. The zero-order chi connectivity index (χ0) is 14.8. The molecule has 0 saturated heterocycles. The highest BCUT2D eigenvalue weighted by Crippen LogP contribution is 2.33. The summed E-state index contributed by atoms with van der Waals surface area (Å²) in [4.78, 5) is 14.4. The molecule has 21 heavy (non-hydrogen) atoms. The molecule has 4 heteroatoms. The van der Waals surface area contributed by atoms with Crippen molar-refractivity contribution in [3.8, 4) is 5.75 Å². The third-order valence-corrected chi connectivity index (χ3v) is 3.59. The Morgan fingerprint density at radius 1 is 1.24 bits per heavy atom. The number of anilines is 2. The van der Waals surface area contributed by atoms with Gasteiger partial charge in [0, 0.05) is 18.3 Å². The first-order valence-electron chi connectivity index (χ1n) is 6.99. The second-order valence-electron chi connectivity index (χ2n) is 5.28. The molecule has 108 valence electrons. The fraction of sp³-hybridized carbons (Fsp3) is 0.235. The summed E-state index contributed by atoms with van der Waals surface area (Å²) >= 11 is 0. The Hall–Kier alpha value is -2.49. The first-order chi connectivity index (χ1) is 10.1. The summed E-state index contributed by atoms with van der Waals surface area (Å²) in [6.07, 6.45) is 0. The molecule has 1 aliphatic rings. The van der Waals surface area contributed by atoms with E-state index >= 15 is 0 Å². The van der Waals surface area contributed by atoms with Crippen LogP contribution < -0.4 is 15.0 Å². The lowest BCUT2D eigenvalue weighted by molar-refractivity contribution is 0.102. The number of carbonyl (C=O) groups is 1. The molecule has 0 fully saturated rings. The molecule has 0 saturated carbocycles. The second kappa shape index (κ2) is 5.48. The number of amides is 1. The van der Waals surface area contributed by atoms with Crippen LogP contribution in [0.5, 0.6) is 5.75 Å². The molecular weight excluding hydrogens is 264 g/mol. The number of fused-ring (bicyclic) bond motifs is 1. The molecule has 0 unspecified atom stereocenters. The second-order valence-corrected chi connectivity index (χ2v) is 5.28. The molecule has 0 aromatic heterocycles. The van der Waals surface area contributed by atoms with Gasteiger partial charge >= 0.3 is 0 Å². The molecule has 1 amide bonds. The van der Waals surface area contributed by atoms with Crippen LogP contribution in [0.15, 0.2) is 42.5 Å². The largest absolute Gasteiger partial charge is 0.490 e. The summed E-state index contributed by atoms with van der Waals surface area (Å²) in [5.74, 6) is 0.760. The van der Waals surface area contributed by atoms with Crippen molar-refractivity contribution >= 4 is 17.3 Å². The van der Waals surface area contributed by atoms with Gasteiger partial charge in [-0.15, -0.1) is 0 Å². The van der Waals surface area contributed by atoms with E-state index in [9.17, 15) is 4.79 Å². The average Bonchev–Trinajstić information content (AvgIpc) is 2.48. The highest BCUT2D eigenvalue weighted by Gasteiger charge is 2.16. The fourth-order valence-electron chi connectivity index (χ4n) is 2.42. The molecule has 0 atom stereocenters. The smallest absolute Gasteiger partial charge is 0.255 e. The van der Waals surface area contributed by atoms with Crippen LogP contribution in [0.4, 0.5) is 11.4 Å². The monoisotopic (exact) mass is 282 g/mol. The fourth-order valence-corrected chi connectivity index (χ4v) is 2.42. The van der Waals surface area contributed by atoms with Crippen molar-refractivity contribution in [2.24, 2.45) is 0 Å². The third kappa shape index (κ3) is 2.84. The van der Waals surface area contributed by atoms with E-state index in [2.05, 4.69) is 10.2 Å². The third-order valence-electron chi connectivity index (χ3n) is 3.59. The predicted molar refractivity (Wildman–Crippen MR) is 84.3 cm³/mol. The van der Waals surface area contributed by atoms with E-state index in [1.54, 1.807) is 0 Å². The molecule has 1 aliphatic heterocycles. The summed E-state index contributed by atoms with van der Waals surface area (Å²) in [5, 5.41) is 2.93. The Morgan fingerprint density at radius 3 is 2.90 bits per heavy atom. The van der Waals surface area contributed by atoms with Gasteiger partial charge in [0.25, 0.3) is 5.91 Å². The van der Waals surface area contributed by atoms with Crippen molar-refractivity contribution in [3.05, 3.63) is 53.6 Å². The van der Waals surface area contributed by atoms with Gasteiger partial charge in [0.15, 0.2) is 0 Å². The van der Waals surface area contributed by atoms with Crippen LogP contribution in [-0.4, -0.2) is 26.1 Å². The maximum absolute atomic E-state index is 12.3. The van der Waals surface area contributed by atoms with Gasteiger partial charge < -0.3 is 15.0 Å². The Balaban J connectivity index is 1.82. The van der Waals surface area contributed by atoms with Gasteiger partial charge in [0.05, 0.1) is 12.2 Å². The van der Waals surface area contributed by atoms with Crippen LogP contribution in [0.25, 0.3) is 0 Å². The van der Waals surface area contributed by atoms with E-state index in [1.165, 1.54) is 0 Å². The molecule has 0 aliphatic carbocycles. The van der Waals surface area contributed by atoms with E-state index in [4.69, 9.17) is 4.74 Å². The molecule has 0 bridgehead atoms. The number of nitrogens with one attached hydrogen (secondary N) is 1. The lowest BCUT2D eigenvalue weighted by atomic mass is 10.1. The maximum Gasteiger partial charge on any atom is 0.255 e. The standard InChI is InChI=1S/C17H18N2O2/c1-12-4-3-5-13(10-12)17(20)18-14-6-7-16-15(11-14)19(2)8-9-21-16/h3-7,10-11H,8-9H2,1-2H3,(H,18,20). The van der Waals surface area contributed by atoms with Crippen molar-refractivity contribution in [3.63, 3.8) is 0 Å². The van der Waals surface area contributed by atoms with Gasteiger partial charge in [-0.2, -0.15) is 0 Å². The minimum atomic E-state index is -0.0990. The number of aryl methyl sites for hydroxylation is 1. The lowest BCUT2D eigenvalue weighted by Crippen LogP contribution is -2.28. The predicted octanol–water partition coefficient (Wildman–Crippen LogP) is 3.08. The van der Waals surface area contributed by atoms with Crippen molar-refractivity contribution in [1.29, 1.82) is 0 Å².